The highest BCUT2D eigenvalue weighted by molar-refractivity contribution is 7.80. The molecule has 4 rings (SSSR count). The fourth-order valence-corrected chi connectivity index (χ4v) is 5.04. The van der Waals surface area contributed by atoms with Crippen LogP contribution in [0.5, 0.6) is 11.5 Å². The number of likely N-dealkylation sites (tertiary alicyclic amines) is 1. The van der Waals surface area contributed by atoms with Crippen molar-refractivity contribution >= 4 is 28.7 Å². The molecule has 1 N–H and O–H groups in total. The highest BCUT2D eigenvalue weighted by Gasteiger charge is 2.25. The van der Waals surface area contributed by atoms with Crippen LogP contribution in [0.4, 0.5) is 0 Å². The number of thiocarbonyl (C=S) groups is 1. The lowest BCUT2D eigenvalue weighted by molar-refractivity contribution is 0.300. The van der Waals surface area contributed by atoms with Gasteiger partial charge < -0.3 is 24.3 Å². The number of para-hydroxylation sites is 1. The number of hydrogen-bond acceptors (Lipinski definition) is 6. The van der Waals surface area contributed by atoms with Gasteiger partial charge in [0.15, 0.2) is 16.6 Å². The summed E-state index contributed by atoms with van der Waals surface area (Å²) in [6.07, 6.45) is 6.01. The van der Waals surface area contributed by atoms with E-state index in [1.807, 2.05) is 31.3 Å². The fraction of sp³-hybridized carbons (Fsp3) is 0.435. The molecule has 9 heteroatoms. The number of piperidine rings is 1. The van der Waals surface area contributed by atoms with Gasteiger partial charge in [-0.25, -0.2) is 9.97 Å². The topological polar surface area (TPSA) is 64.4 Å². The molecule has 0 atom stereocenters. The SMILES string of the molecule is COc1cccc(CNC(=S)N2CCC(c3nccn3Cc3csc(C)n3)CC2)c1OC. The fourth-order valence-electron chi connectivity index (χ4n) is 4.19. The molecule has 0 radical (unpaired) electrons. The van der Waals surface area contributed by atoms with E-state index < -0.39 is 0 Å². The first kappa shape index (κ1) is 22.5. The summed E-state index contributed by atoms with van der Waals surface area (Å²) in [4.78, 5) is 11.5. The number of aryl methyl sites for hydroxylation is 1. The number of rotatable bonds is 7. The molecule has 0 amide bonds. The first-order valence-electron chi connectivity index (χ1n) is 10.7. The normalized spacial score (nSPS) is 14.4. The van der Waals surface area contributed by atoms with Crippen LogP contribution in [0, 0.1) is 6.92 Å². The third-order valence-electron chi connectivity index (χ3n) is 5.81. The number of aromatic nitrogens is 3. The smallest absolute Gasteiger partial charge is 0.169 e. The molecule has 170 valence electrons. The Labute approximate surface area is 198 Å². The summed E-state index contributed by atoms with van der Waals surface area (Å²) in [5.74, 6) is 3.05. The molecular formula is C23H29N5O2S2. The number of imidazole rings is 1. The molecule has 0 unspecified atom stereocenters. The second-order valence-corrected chi connectivity index (χ2v) is 9.29. The van der Waals surface area contributed by atoms with Gasteiger partial charge in [0.1, 0.15) is 5.82 Å². The van der Waals surface area contributed by atoms with Gasteiger partial charge >= 0.3 is 0 Å². The number of methoxy groups -OCH3 is 2. The molecule has 1 aliphatic rings. The van der Waals surface area contributed by atoms with E-state index in [1.54, 1.807) is 25.6 Å². The van der Waals surface area contributed by atoms with Gasteiger partial charge in [-0.05, 0) is 38.0 Å². The van der Waals surface area contributed by atoms with Crippen molar-refractivity contribution in [1.29, 1.82) is 0 Å². The summed E-state index contributed by atoms with van der Waals surface area (Å²) in [5, 5.41) is 7.39. The molecule has 3 heterocycles. The van der Waals surface area contributed by atoms with E-state index in [4.69, 9.17) is 21.7 Å². The van der Waals surface area contributed by atoms with Crippen LogP contribution < -0.4 is 14.8 Å². The van der Waals surface area contributed by atoms with Crippen molar-refractivity contribution < 1.29 is 9.47 Å². The molecule has 0 spiro atoms. The van der Waals surface area contributed by atoms with Gasteiger partial charge in [-0.3, -0.25) is 0 Å². The van der Waals surface area contributed by atoms with Crippen molar-refractivity contribution in [2.75, 3.05) is 27.3 Å². The van der Waals surface area contributed by atoms with Crippen LogP contribution in [0.2, 0.25) is 0 Å². The Hall–Kier alpha value is -2.65. The number of benzene rings is 1. The Morgan fingerprint density at radius 1 is 1.25 bits per heavy atom. The average molecular weight is 472 g/mol. The summed E-state index contributed by atoms with van der Waals surface area (Å²) >= 11 is 7.37. The highest BCUT2D eigenvalue weighted by Crippen LogP contribution is 2.31. The summed E-state index contributed by atoms with van der Waals surface area (Å²) in [6, 6.07) is 5.87. The maximum absolute atomic E-state index is 5.68. The van der Waals surface area contributed by atoms with Gasteiger partial charge in [0, 0.05) is 48.9 Å². The summed E-state index contributed by atoms with van der Waals surface area (Å²) < 4.78 is 13.1. The third-order valence-corrected chi connectivity index (χ3v) is 7.03. The number of ether oxygens (including phenoxy) is 2. The molecule has 0 aliphatic carbocycles. The van der Waals surface area contributed by atoms with E-state index in [0.29, 0.717) is 12.5 Å². The van der Waals surface area contributed by atoms with Crippen LogP contribution in [0.25, 0.3) is 0 Å². The van der Waals surface area contributed by atoms with Crippen molar-refractivity contribution in [2.45, 2.75) is 38.8 Å². The second kappa shape index (κ2) is 10.3. The van der Waals surface area contributed by atoms with Crippen LogP contribution in [-0.2, 0) is 13.1 Å². The third kappa shape index (κ3) is 5.05. The van der Waals surface area contributed by atoms with Crippen molar-refractivity contribution in [3.63, 3.8) is 0 Å². The second-order valence-electron chi connectivity index (χ2n) is 7.84. The molecule has 0 saturated carbocycles. The van der Waals surface area contributed by atoms with Gasteiger partial charge in [-0.15, -0.1) is 11.3 Å². The first-order chi connectivity index (χ1) is 15.6. The summed E-state index contributed by atoms with van der Waals surface area (Å²) in [6.45, 7) is 5.24. The highest BCUT2D eigenvalue weighted by atomic mass is 32.1. The average Bonchev–Trinajstić information content (AvgIpc) is 3.46. The molecule has 1 aliphatic heterocycles. The van der Waals surface area contributed by atoms with Crippen molar-refractivity contribution in [1.82, 2.24) is 24.8 Å². The Morgan fingerprint density at radius 2 is 2.06 bits per heavy atom. The minimum Gasteiger partial charge on any atom is -0.493 e. The minimum atomic E-state index is 0.433. The quantitative estimate of drug-likeness (QED) is 0.523. The van der Waals surface area contributed by atoms with E-state index in [0.717, 1.165) is 71.2 Å². The van der Waals surface area contributed by atoms with Gasteiger partial charge in [0.2, 0.25) is 0 Å². The van der Waals surface area contributed by atoms with E-state index in [1.165, 1.54) is 0 Å². The Morgan fingerprint density at radius 3 is 2.75 bits per heavy atom. The number of nitrogens with zero attached hydrogens (tertiary/aromatic N) is 4. The number of thiazole rings is 1. The minimum absolute atomic E-state index is 0.433. The monoisotopic (exact) mass is 471 g/mol. The molecule has 1 saturated heterocycles. The van der Waals surface area contributed by atoms with Gasteiger partial charge in [0.05, 0.1) is 31.5 Å². The zero-order chi connectivity index (χ0) is 22.5. The predicted molar refractivity (Wildman–Crippen MR) is 131 cm³/mol. The summed E-state index contributed by atoms with van der Waals surface area (Å²) in [7, 11) is 3.30. The largest absolute Gasteiger partial charge is 0.493 e. The lowest BCUT2D eigenvalue weighted by Gasteiger charge is -2.33. The van der Waals surface area contributed by atoms with Crippen molar-refractivity contribution in [3.8, 4) is 11.5 Å². The lowest BCUT2D eigenvalue weighted by Crippen LogP contribution is -2.44. The van der Waals surface area contributed by atoms with Gasteiger partial charge in [-0.1, -0.05) is 12.1 Å². The van der Waals surface area contributed by atoms with Gasteiger partial charge in [-0.2, -0.15) is 0 Å². The standard InChI is InChI=1S/C23H29N5O2S2/c1-16-26-19(15-32-16)14-28-12-9-24-22(28)17-7-10-27(11-8-17)23(31)25-13-18-5-4-6-20(29-2)21(18)30-3/h4-6,9,12,15,17H,7-8,10-11,13-14H2,1-3H3,(H,25,31). The molecule has 3 aromatic rings. The Kier molecular flexibility index (Phi) is 7.26. The predicted octanol–water partition coefficient (Wildman–Crippen LogP) is 3.97. The zero-order valence-electron chi connectivity index (χ0n) is 18.7. The van der Waals surface area contributed by atoms with Gasteiger partial charge in [0.25, 0.3) is 0 Å². The Balaban J connectivity index is 1.32. The van der Waals surface area contributed by atoms with E-state index in [-0.39, 0.29) is 0 Å². The maximum atomic E-state index is 5.68. The van der Waals surface area contributed by atoms with Crippen molar-refractivity contribution in [2.24, 2.45) is 0 Å². The molecule has 32 heavy (non-hydrogen) atoms. The van der Waals surface area contributed by atoms with Crippen LogP contribution in [-0.4, -0.2) is 51.9 Å². The zero-order valence-corrected chi connectivity index (χ0v) is 20.3. The maximum Gasteiger partial charge on any atom is 0.169 e. The van der Waals surface area contributed by atoms with Crippen molar-refractivity contribution in [3.05, 3.63) is 58.1 Å². The molecule has 0 bridgehead atoms. The number of nitrogens with one attached hydrogen (secondary N) is 1. The van der Waals surface area contributed by atoms with Crippen LogP contribution in [0.1, 0.15) is 40.8 Å². The van der Waals surface area contributed by atoms with E-state index in [2.05, 4.69) is 36.3 Å². The molecule has 7 nitrogen and oxygen atoms in total. The first-order valence-corrected chi connectivity index (χ1v) is 12.0. The van der Waals surface area contributed by atoms with E-state index >= 15 is 0 Å². The molecule has 1 aromatic carbocycles. The van der Waals surface area contributed by atoms with E-state index in [9.17, 15) is 0 Å². The summed E-state index contributed by atoms with van der Waals surface area (Å²) in [5.41, 5.74) is 2.12. The molecular weight excluding hydrogens is 442 g/mol. The van der Waals surface area contributed by atoms with Crippen LogP contribution in [0.15, 0.2) is 36.0 Å². The van der Waals surface area contributed by atoms with Crippen LogP contribution >= 0.6 is 23.6 Å². The molecule has 1 fully saturated rings. The Bertz CT molecular complexity index is 1060. The lowest BCUT2D eigenvalue weighted by atomic mass is 9.96. The number of hydrogen-bond donors (Lipinski definition) is 1. The molecule has 2 aromatic heterocycles. The van der Waals surface area contributed by atoms with Crippen LogP contribution in [0.3, 0.4) is 0 Å².